The number of ether oxygens (including phenoxy) is 1. The summed E-state index contributed by atoms with van der Waals surface area (Å²) < 4.78 is 6.12. The van der Waals surface area contributed by atoms with Crippen molar-refractivity contribution in [1.29, 1.82) is 0 Å². The standard InChI is InChI=1S/C26H25N3O3/c30-24(22-10-6-12-23-21(22)11-7-14-27-23)29-16-17-32-26(19-29)13-4-5-15-28(25(26)31)18-20-8-2-1-3-9-20/h1-12,14H,13,15-19H2/t26-/m0/s1. The molecule has 5 rings (SSSR count). The van der Waals surface area contributed by atoms with E-state index in [1.165, 1.54) is 0 Å². The van der Waals surface area contributed by atoms with E-state index in [2.05, 4.69) is 4.98 Å². The van der Waals surface area contributed by atoms with Crippen molar-refractivity contribution in [2.75, 3.05) is 26.2 Å². The Kier molecular flexibility index (Phi) is 5.45. The highest BCUT2D eigenvalue weighted by atomic mass is 16.5. The summed E-state index contributed by atoms with van der Waals surface area (Å²) in [7, 11) is 0. The summed E-state index contributed by atoms with van der Waals surface area (Å²) >= 11 is 0. The van der Waals surface area contributed by atoms with Crippen molar-refractivity contribution in [3.8, 4) is 0 Å². The van der Waals surface area contributed by atoms with Crippen LogP contribution in [0.15, 0.2) is 79.0 Å². The van der Waals surface area contributed by atoms with Gasteiger partial charge >= 0.3 is 0 Å². The monoisotopic (exact) mass is 427 g/mol. The number of rotatable bonds is 3. The molecule has 32 heavy (non-hydrogen) atoms. The molecule has 2 amide bonds. The highest BCUT2D eigenvalue weighted by Gasteiger charge is 2.47. The van der Waals surface area contributed by atoms with Gasteiger partial charge in [-0.25, -0.2) is 0 Å². The Morgan fingerprint density at radius 2 is 1.91 bits per heavy atom. The fourth-order valence-corrected chi connectivity index (χ4v) is 4.54. The molecule has 6 heteroatoms. The van der Waals surface area contributed by atoms with Crippen molar-refractivity contribution in [1.82, 2.24) is 14.8 Å². The zero-order valence-electron chi connectivity index (χ0n) is 17.8. The third-order valence-corrected chi connectivity index (χ3v) is 6.18. The summed E-state index contributed by atoms with van der Waals surface area (Å²) in [6.07, 6.45) is 6.19. The van der Waals surface area contributed by atoms with Crippen LogP contribution in [0.3, 0.4) is 0 Å². The van der Waals surface area contributed by atoms with Gasteiger partial charge in [-0.15, -0.1) is 0 Å². The minimum Gasteiger partial charge on any atom is -0.361 e. The summed E-state index contributed by atoms with van der Waals surface area (Å²) in [5.41, 5.74) is 1.39. The third-order valence-electron chi connectivity index (χ3n) is 6.18. The summed E-state index contributed by atoms with van der Waals surface area (Å²) in [5.74, 6) is -0.162. The molecule has 1 atom stereocenters. The maximum absolute atomic E-state index is 13.7. The molecule has 0 saturated carbocycles. The van der Waals surface area contributed by atoms with Crippen LogP contribution in [0.4, 0.5) is 0 Å². The zero-order valence-corrected chi connectivity index (χ0v) is 17.8. The summed E-state index contributed by atoms with van der Waals surface area (Å²) in [5, 5.41) is 0.818. The molecular formula is C26H25N3O3. The number of pyridine rings is 1. The van der Waals surface area contributed by atoms with Crippen molar-refractivity contribution >= 4 is 22.7 Å². The van der Waals surface area contributed by atoms with Crippen molar-refractivity contribution in [2.24, 2.45) is 0 Å². The Balaban J connectivity index is 1.41. The maximum Gasteiger partial charge on any atom is 0.257 e. The highest BCUT2D eigenvalue weighted by Crippen LogP contribution is 2.30. The van der Waals surface area contributed by atoms with Crippen molar-refractivity contribution in [3.05, 3.63) is 90.1 Å². The van der Waals surface area contributed by atoms with E-state index in [0.717, 1.165) is 16.5 Å². The van der Waals surface area contributed by atoms with E-state index in [1.807, 2.05) is 77.7 Å². The highest BCUT2D eigenvalue weighted by molar-refractivity contribution is 6.06. The number of carbonyl (C=O) groups excluding carboxylic acids is 2. The van der Waals surface area contributed by atoms with Crippen LogP contribution in [0, 0.1) is 0 Å². The number of aromatic nitrogens is 1. The van der Waals surface area contributed by atoms with Gasteiger partial charge < -0.3 is 14.5 Å². The lowest BCUT2D eigenvalue weighted by molar-refractivity contribution is -0.167. The van der Waals surface area contributed by atoms with Crippen LogP contribution in [-0.4, -0.2) is 58.4 Å². The first-order valence-corrected chi connectivity index (χ1v) is 10.9. The summed E-state index contributed by atoms with van der Waals surface area (Å²) in [6, 6.07) is 19.2. The molecule has 2 aliphatic rings. The first-order valence-electron chi connectivity index (χ1n) is 10.9. The number of amides is 2. The molecule has 3 aromatic rings. The van der Waals surface area contributed by atoms with Gasteiger partial charge in [-0.1, -0.05) is 54.6 Å². The van der Waals surface area contributed by atoms with Gasteiger partial charge in [-0.05, 0) is 23.8 Å². The second kappa shape index (κ2) is 8.55. The predicted octanol–water partition coefficient (Wildman–Crippen LogP) is 3.43. The van der Waals surface area contributed by atoms with Crippen LogP contribution >= 0.6 is 0 Å². The van der Waals surface area contributed by atoms with Crippen LogP contribution in [0.2, 0.25) is 0 Å². The fourth-order valence-electron chi connectivity index (χ4n) is 4.54. The molecule has 0 radical (unpaired) electrons. The normalized spacial score (nSPS) is 21.2. The average molecular weight is 428 g/mol. The van der Waals surface area contributed by atoms with Crippen molar-refractivity contribution in [3.63, 3.8) is 0 Å². The van der Waals surface area contributed by atoms with Gasteiger partial charge in [0.25, 0.3) is 11.8 Å². The number of hydrogen-bond donors (Lipinski definition) is 0. The van der Waals surface area contributed by atoms with E-state index in [-0.39, 0.29) is 18.4 Å². The van der Waals surface area contributed by atoms with E-state index in [4.69, 9.17) is 4.74 Å². The number of morpholine rings is 1. The molecule has 0 unspecified atom stereocenters. The van der Waals surface area contributed by atoms with Gasteiger partial charge in [0.15, 0.2) is 5.60 Å². The minimum absolute atomic E-state index is 0.0663. The number of carbonyl (C=O) groups is 2. The minimum atomic E-state index is -1.06. The lowest BCUT2D eigenvalue weighted by Crippen LogP contribution is -2.60. The average Bonchev–Trinajstić information content (AvgIpc) is 2.98. The molecule has 0 bridgehead atoms. The Labute approximate surface area is 187 Å². The zero-order chi connectivity index (χ0) is 22.0. The Bertz CT molecular complexity index is 1170. The lowest BCUT2D eigenvalue weighted by Gasteiger charge is -2.42. The molecule has 0 N–H and O–H groups in total. The molecule has 2 aromatic carbocycles. The Morgan fingerprint density at radius 1 is 1.03 bits per heavy atom. The summed E-state index contributed by atoms with van der Waals surface area (Å²) in [6.45, 7) is 2.05. The molecule has 2 aliphatic heterocycles. The molecule has 1 fully saturated rings. The number of benzene rings is 2. The van der Waals surface area contributed by atoms with Gasteiger partial charge in [0.05, 0.1) is 18.7 Å². The molecule has 1 spiro atoms. The van der Waals surface area contributed by atoms with E-state index < -0.39 is 5.60 Å². The van der Waals surface area contributed by atoms with Gasteiger partial charge in [0.2, 0.25) is 0 Å². The van der Waals surface area contributed by atoms with Gasteiger partial charge in [-0.3, -0.25) is 14.6 Å². The lowest BCUT2D eigenvalue weighted by atomic mass is 9.94. The first-order chi connectivity index (χ1) is 15.7. The molecule has 1 aromatic heterocycles. The molecule has 162 valence electrons. The quantitative estimate of drug-likeness (QED) is 0.601. The van der Waals surface area contributed by atoms with Crippen LogP contribution in [0.5, 0.6) is 0 Å². The van der Waals surface area contributed by atoms with E-state index in [9.17, 15) is 9.59 Å². The number of fused-ring (bicyclic) bond motifs is 1. The van der Waals surface area contributed by atoms with Gasteiger partial charge in [0, 0.05) is 43.2 Å². The SMILES string of the molecule is O=C(c1cccc2ncccc12)N1CCO[C@@]2(CC=CCN(Cc3ccccc3)C2=O)C1. The number of nitrogens with zero attached hydrogens (tertiary/aromatic N) is 3. The Hall–Kier alpha value is -3.51. The maximum atomic E-state index is 13.7. The van der Waals surface area contributed by atoms with Crippen LogP contribution in [0.25, 0.3) is 10.9 Å². The van der Waals surface area contributed by atoms with Crippen molar-refractivity contribution < 1.29 is 14.3 Å². The smallest absolute Gasteiger partial charge is 0.257 e. The molecular weight excluding hydrogens is 402 g/mol. The fraction of sp³-hybridized carbons (Fsp3) is 0.269. The molecule has 6 nitrogen and oxygen atoms in total. The second-order valence-corrected chi connectivity index (χ2v) is 8.29. The molecule has 0 aliphatic carbocycles. The van der Waals surface area contributed by atoms with Crippen molar-refractivity contribution in [2.45, 2.75) is 18.6 Å². The van der Waals surface area contributed by atoms with E-state index >= 15 is 0 Å². The Morgan fingerprint density at radius 3 is 2.78 bits per heavy atom. The summed E-state index contributed by atoms with van der Waals surface area (Å²) in [4.78, 5) is 35.1. The third kappa shape index (κ3) is 3.78. The predicted molar refractivity (Wildman–Crippen MR) is 122 cm³/mol. The van der Waals surface area contributed by atoms with Gasteiger partial charge in [-0.2, -0.15) is 0 Å². The second-order valence-electron chi connectivity index (χ2n) is 8.29. The van der Waals surface area contributed by atoms with Gasteiger partial charge in [0.1, 0.15) is 0 Å². The largest absolute Gasteiger partial charge is 0.361 e. The first kappa shape index (κ1) is 20.4. The van der Waals surface area contributed by atoms with E-state index in [1.54, 1.807) is 11.1 Å². The topological polar surface area (TPSA) is 62.7 Å². The number of hydrogen-bond acceptors (Lipinski definition) is 4. The molecule has 1 saturated heterocycles. The van der Waals surface area contributed by atoms with E-state index in [0.29, 0.717) is 38.2 Å². The van der Waals surface area contributed by atoms with Crippen LogP contribution in [0.1, 0.15) is 22.3 Å². The van der Waals surface area contributed by atoms with Crippen LogP contribution < -0.4 is 0 Å². The molecule has 3 heterocycles. The van der Waals surface area contributed by atoms with Crippen LogP contribution in [-0.2, 0) is 16.1 Å².